The zero-order chi connectivity index (χ0) is 23.0. The maximum atomic E-state index is 13.3. The van der Waals surface area contributed by atoms with Crippen molar-refractivity contribution < 1.29 is 17.9 Å². The van der Waals surface area contributed by atoms with Crippen molar-refractivity contribution in [3.63, 3.8) is 0 Å². The number of ether oxygens (including phenoxy) is 1. The molecule has 3 rings (SSSR count). The molecule has 1 amide bonds. The Labute approximate surface area is 189 Å². The minimum absolute atomic E-state index is 0.00361. The van der Waals surface area contributed by atoms with Gasteiger partial charge >= 0.3 is 0 Å². The summed E-state index contributed by atoms with van der Waals surface area (Å²) in [6.07, 6.45) is 5.96. The Hall–Kier alpha value is -3.39. The second kappa shape index (κ2) is 10.8. The van der Waals surface area contributed by atoms with Crippen molar-refractivity contribution in [2.45, 2.75) is 31.1 Å². The average molecular weight is 454 g/mol. The lowest BCUT2D eigenvalue weighted by Crippen LogP contribution is -2.38. The van der Waals surface area contributed by atoms with Crippen LogP contribution in [0.5, 0.6) is 5.75 Å². The van der Waals surface area contributed by atoms with Crippen LogP contribution in [0.25, 0.3) is 0 Å². The van der Waals surface area contributed by atoms with Crippen LogP contribution in [-0.4, -0.2) is 33.0 Å². The number of unbranched alkanes of at least 4 members (excludes halogenated alkanes) is 1. The second-order valence-corrected chi connectivity index (χ2v) is 9.11. The summed E-state index contributed by atoms with van der Waals surface area (Å²) in [5.41, 5.74) is 2.16. The minimum Gasteiger partial charge on any atom is -0.497 e. The Morgan fingerprint density at radius 3 is 2.38 bits per heavy atom. The number of aromatic nitrogens is 1. The van der Waals surface area contributed by atoms with Crippen molar-refractivity contribution in [1.29, 1.82) is 0 Å². The lowest BCUT2D eigenvalue weighted by molar-refractivity contribution is -0.114. The molecule has 32 heavy (non-hydrogen) atoms. The smallest absolute Gasteiger partial charge is 0.266 e. The number of benzene rings is 2. The number of pyridine rings is 1. The molecule has 1 N–H and O–H groups in total. The summed E-state index contributed by atoms with van der Waals surface area (Å²) in [5.74, 6) is 0.134. The molecule has 1 aromatic heterocycles. The lowest BCUT2D eigenvalue weighted by Gasteiger charge is -2.24. The van der Waals surface area contributed by atoms with E-state index in [1.165, 1.54) is 31.1 Å². The van der Waals surface area contributed by atoms with Crippen LogP contribution in [0, 0.1) is 0 Å². The van der Waals surface area contributed by atoms with E-state index in [2.05, 4.69) is 17.2 Å². The number of rotatable bonds is 10. The number of methoxy groups -OCH3 is 1. The molecule has 8 heteroatoms. The number of amides is 1. The first-order chi connectivity index (χ1) is 15.4. The predicted molar refractivity (Wildman–Crippen MR) is 125 cm³/mol. The fourth-order valence-corrected chi connectivity index (χ4v) is 4.54. The van der Waals surface area contributed by atoms with Gasteiger partial charge in [-0.1, -0.05) is 25.5 Å². The summed E-state index contributed by atoms with van der Waals surface area (Å²) in [4.78, 5) is 16.7. The van der Waals surface area contributed by atoms with E-state index in [9.17, 15) is 13.2 Å². The van der Waals surface area contributed by atoms with Crippen molar-refractivity contribution >= 4 is 27.3 Å². The molecular formula is C24H27N3O4S. The first-order valence-electron chi connectivity index (χ1n) is 10.4. The maximum Gasteiger partial charge on any atom is 0.266 e. The lowest BCUT2D eigenvalue weighted by atomic mass is 10.1. The van der Waals surface area contributed by atoms with Gasteiger partial charge in [0.05, 0.1) is 12.8 Å². The van der Waals surface area contributed by atoms with Crippen LogP contribution in [0.15, 0.2) is 78.0 Å². The molecule has 0 fully saturated rings. The van der Waals surface area contributed by atoms with Gasteiger partial charge in [0.1, 0.15) is 17.2 Å². The summed E-state index contributed by atoms with van der Waals surface area (Å²) >= 11 is 0. The number of nitrogens with zero attached hydrogens (tertiary/aromatic N) is 2. The quantitative estimate of drug-likeness (QED) is 0.495. The molecule has 0 aliphatic carbocycles. The molecule has 0 atom stereocenters. The fraction of sp³-hybridized carbons (Fsp3) is 0.250. The normalized spacial score (nSPS) is 11.1. The monoisotopic (exact) mass is 453 g/mol. The number of carbonyl (C=O) groups is 1. The number of sulfonamides is 1. The van der Waals surface area contributed by atoms with E-state index < -0.39 is 15.9 Å². The van der Waals surface area contributed by atoms with E-state index in [1.807, 2.05) is 24.3 Å². The van der Waals surface area contributed by atoms with Crippen LogP contribution >= 0.6 is 0 Å². The molecule has 0 spiro atoms. The van der Waals surface area contributed by atoms with Crippen LogP contribution < -0.4 is 14.4 Å². The van der Waals surface area contributed by atoms with Gasteiger partial charge in [0, 0.05) is 18.1 Å². The zero-order valence-electron chi connectivity index (χ0n) is 18.2. The van der Waals surface area contributed by atoms with E-state index >= 15 is 0 Å². The molecule has 168 valence electrons. The maximum absolute atomic E-state index is 13.3. The third kappa shape index (κ3) is 5.85. The van der Waals surface area contributed by atoms with E-state index in [1.54, 1.807) is 30.3 Å². The largest absolute Gasteiger partial charge is 0.497 e. The van der Waals surface area contributed by atoms with Gasteiger partial charge in [-0.2, -0.15) is 0 Å². The molecule has 7 nitrogen and oxygen atoms in total. The van der Waals surface area contributed by atoms with Crippen LogP contribution in [-0.2, 0) is 21.2 Å². The van der Waals surface area contributed by atoms with Gasteiger partial charge in [0.15, 0.2) is 0 Å². The Morgan fingerprint density at radius 2 is 1.78 bits per heavy atom. The van der Waals surface area contributed by atoms with E-state index in [0.29, 0.717) is 17.1 Å². The first-order valence-corrected chi connectivity index (χ1v) is 11.8. The van der Waals surface area contributed by atoms with Gasteiger partial charge in [-0.05, 0) is 66.9 Å². The van der Waals surface area contributed by atoms with Gasteiger partial charge in [-0.25, -0.2) is 8.42 Å². The zero-order valence-corrected chi connectivity index (χ0v) is 19.0. The van der Waals surface area contributed by atoms with Crippen LogP contribution in [0.2, 0.25) is 0 Å². The van der Waals surface area contributed by atoms with E-state index in [-0.39, 0.29) is 11.4 Å². The van der Waals surface area contributed by atoms with Gasteiger partial charge in [-0.3, -0.25) is 14.1 Å². The molecular weight excluding hydrogens is 426 g/mol. The van der Waals surface area contributed by atoms with Crippen LogP contribution in [0.1, 0.15) is 25.3 Å². The fourth-order valence-electron chi connectivity index (χ4n) is 3.16. The van der Waals surface area contributed by atoms with Crippen molar-refractivity contribution in [2.24, 2.45) is 0 Å². The molecule has 0 unspecified atom stereocenters. The molecule has 2 aromatic carbocycles. The van der Waals surface area contributed by atoms with Crippen molar-refractivity contribution in [3.05, 3.63) is 78.6 Å². The minimum atomic E-state index is -4.01. The predicted octanol–water partition coefficient (Wildman–Crippen LogP) is 4.27. The highest BCUT2D eigenvalue weighted by atomic mass is 32.2. The number of aryl methyl sites for hydroxylation is 1. The topological polar surface area (TPSA) is 88.6 Å². The standard InChI is InChI=1S/C24H27N3O4S/c1-3-4-6-19-8-10-20(11-9-19)26-24(28)18-27(21-12-14-22(31-2)15-13-21)32(29,30)23-7-5-16-25-17-23/h5,7-17H,3-4,6,18H2,1-2H3,(H,26,28). The number of hydrogen-bond acceptors (Lipinski definition) is 5. The summed E-state index contributed by atoms with van der Waals surface area (Å²) in [7, 11) is -2.48. The average Bonchev–Trinajstić information content (AvgIpc) is 2.82. The van der Waals surface area contributed by atoms with Crippen LogP contribution in [0.3, 0.4) is 0 Å². The number of carbonyl (C=O) groups excluding carboxylic acids is 1. The Morgan fingerprint density at radius 1 is 1.06 bits per heavy atom. The highest BCUT2D eigenvalue weighted by Gasteiger charge is 2.27. The van der Waals surface area contributed by atoms with E-state index in [4.69, 9.17) is 4.74 Å². The number of nitrogens with one attached hydrogen (secondary N) is 1. The molecule has 0 saturated heterocycles. The third-order valence-corrected chi connectivity index (χ3v) is 6.68. The Bertz CT molecular complexity index is 1120. The molecule has 0 saturated carbocycles. The SMILES string of the molecule is CCCCc1ccc(NC(=O)CN(c2ccc(OC)cc2)S(=O)(=O)c2cccnc2)cc1. The van der Waals surface area contributed by atoms with E-state index in [0.717, 1.165) is 23.6 Å². The summed E-state index contributed by atoms with van der Waals surface area (Å²) in [6.45, 7) is 1.75. The molecule has 0 radical (unpaired) electrons. The van der Waals surface area contributed by atoms with Gasteiger partial charge in [0.2, 0.25) is 5.91 Å². The third-order valence-electron chi connectivity index (χ3n) is 4.93. The summed E-state index contributed by atoms with van der Waals surface area (Å²) < 4.78 is 32.8. The van der Waals surface area contributed by atoms with Gasteiger partial charge < -0.3 is 10.1 Å². The number of hydrogen-bond donors (Lipinski definition) is 1. The first kappa shape index (κ1) is 23.3. The number of anilines is 2. The summed E-state index contributed by atoms with van der Waals surface area (Å²) in [5, 5.41) is 2.79. The Balaban J connectivity index is 1.82. The molecule has 0 aliphatic rings. The molecule has 0 bridgehead atoms. The van der Waals surface area contributed by atoms with Gasteiger partial charge in [-0.15, -0.1) is 0 Å². The van der Waals surface area contributed by atoms with Crippen molar-refractivity contribution in [2.75, 3.05) is 23.3 Å². The second-order valence-electron chi connectivity index (χ2n) is 7.25. The van der Waals surface area contributed by atoms with Crippen molar-refractivity contribution in [1.82, 2.24) is 4.98 Å². The molecule has 1 heterocycles. The van der Waals surface area contributed by atoms with Crippen molar-refractivity contribution in [3.8, 4) is 5.75 Å². The summed E-state index contributed by atoms with van der Waals surface area (Å²) in [6, 6.07) is 17.1. The molecule has 3 aromatic rings. The van der Waals surface area contributed by atoms with Crippen LogP contribution in [0.4, 0.5) is 11.4 Å². The highest BCUT2D eigenvalue weighted by Crippen LogP contribution is 2.25. The van der Waals surface area contributed by atoms with Gasteiger partial charge in [0.25, 0.3) is 10.0 Å². The Kier molecular flexibility index (Phi) is 7.83. The highest BCUT2D eigenvalue weighted by molar-refractivity contribution is 7.92. The molecule has 0 aliphatic heterocycles.